The van der Waals surface area contributed by atoms with Gasteiger partial charge in [-0.25, -0.2) is 0 Å². The van der Waals surface area contributed by atoms with Gasteiger partial charge in [-0.05, 0) is 36.4 Å². The first-order valence-electron chi connectivity index (χ1n) is 9.20. The van der Waals surface area contributed by atoms with Crippen molar-refractivity contribution in [2.75, 3.05) is 33.3 Å². The van der Waals surface area contributed by atoms with Crippen molar-refractivity contribution in [2.24, 2.45) is 0 Å². The van der Waals surface area contributed by atoms with Gasteiger partial charge < -0.3 is 14.5 Å². The van der Waals surface area contributed by atoms with Gasteiger partial charge in [-0.1, -0.05) is 0 Å². The molecule has 0 unspecified atom stereocenters. The number of amides is 2. The van der Waals surface area contributed by atoms with Gasteiger partial charge in [-0.15, -0.1) is 0 Å². The molecule has 164 valence electrons. The van der Waals surface area contributed by atoms with Crippen molar-refractivity contribution in [1.29, 1.82) is 0 Å². The number of carbonyl (C=O) groups excluding carboxylic acids is 2. The largest absolute Gasteiger partial charge is 0.497 e. The minimum Gasteiger partial charge on any atom is -0.497 e. The normalized spacial score (nSPS) is 14.3. The number of nitro groups is 1. The van der Waals surface area contributed by atoms with Gasteiger partial charge in [0.2, 0.25) is 0 Å². The van der Waals surface area contributed by atoms with Crippen LogP contribution < -0.4 is 4.74 Å². The van der Waals surface area contributed by atoms with Gasteiger partial charge in [0.15, 0.2) is 0 Å². The van der Waals surface area contributed by atoms with Crippen molar-refractivity contribution >= 4 is 17.5 Å². The Bertz CT molecular complexity index is 1000. The molecule has 0 N–H and O–H groups in total. The molecular formula is C20H18F3N3O5. The number of nitrogens with zero attached hydrogens (tertiary/aromatic N) is 3. The SMILES string of the molecule is COc1ccc([N+](=O)[O-])c(C(=O)N2CCN(C(=O)c3ccc(C(F)(F)F)cc3)CC2)c1. The third-order valence-corrected chi connectivity index (χ3v) is 4.94. The molecular weight excluding hydrogens is 419 g/mol. The lowest BCUT2D eigenvalue weighted by Gasteiger charge is -2.34. The molecule has 1 fully saturated rings. The maximum Gasteiger partial charge on any atom is 0.416 e. The molecule has 0 saturated carbocycles. The number of alkyl halides is 3. The summed E-state index contributed by atoms with van der Waals surface area (Å²) < 4.78 is 43.1. The molecule has 8 nitrogen and oxygen atoms in total. The summed E-state index contributed by atoms with van der Waals surface area (Å²) in [7, 11) is 1.38. The van der Waals surface area contributed by atoms with Crippen LogP contribution in [0.15, 0.2) is 42.5 Å². The summed E-state index contributed by atoms with van der Waals surface area (Å²) in [5.41, 5.74) is -1.21. The average molecular weight is 437 g/mol. The minimum absolute atomic E-state index is 0.108. The van der Waals surface area contributed by atoms with Gasteiger partial charge in [-0.2, -0.15) is 13.2 Å². The average Bonchev–Trinajstić information content (AvgIpc) is 2.77. The molecule has 0 aliphatic carbocycles. The molecule has 11 heteroatoms. The maximum absolute atomic E-state index is 12.8. The Morgan fingerprint density at radius 2 is 1.52 bits per heavy atom. The molecule has 0 aromatic heterocycles. The zero-order valence-corrected chi connectivity index (χ0v) is 16.4. The molecule has 2 amide bonds. The molecule has 1 aliphatic heterocycles. The zero-order valence-electron chi connectivity index (χ0n) is 16.4. The molecule has 2 aromatic carbocycles. The van der Waals surface area contributed by atoms with Crippen molar-refractivity contribution in [3.05, 3.63) is 69.3 Å². The second kappa shape index (κ2) is 8.62. The first-order chi connectivity index (χ1) is 14.6. The van der Waals surface area contributed by atoms with Gasteiger partial charge in [0.25, 0.3) is 17.5 Å². The van der Waals surface area contributed by atoms with E-state index in [1.807, 2.05) is 0 Å². The zero-order chi connectivity index (χ0) is 22.8. The molecule has 3 rings (SSSR count). The van der Waals surface area contributed by atoms with Crippen molar-refractivity contribution in [3.63, 3.8) is 0 Å². The summed E-state index contributed by atoms with van der Waals surface area (Å²) in [4.78, 5) is 38.8. The van der Waals surface area contributed by atoms with Gasteiger partial charge in [0.05, 0.1) is 17.6 Å². The number of benzene rings is 2. The number of hydrogen-bond donors (Lipinski definition) is 0. The number of halogens is 3. The summed E-state index contributed by atoms with van der Waals surface area (Å²) in [6.45, 7) is 0.534. The van der Waals surface area contributed by atoms with E-state index >= 15 is 0 Å². The lowest BCUT2D eigenvalue weighted by Crippen LogP contribution is -2.50. The van der Waals surface area contributed by atoms with E-state index in [2.05, 4.69) is 0 Å². The van der Waals surface area contributed by atoms with Crippen LogP contribution in [0, 0.1) is 10.1 Å². The Balaban J connectivity index is 1.69. The Morgan fingerprint density at radius 3 is 2.00 bits per heavy atom. The van der Waals surface area contributed by atoms with E-state index in [0.29, 0.717) is 5.75 Å². The van der Waals surface area contributed by atoms with Gasteiger partial charge in [0, 0.05) is 37.8 Å². The fourth-order valence-corrected chi connectivity index (χ4v) is 3.24. The first-order valence-corrected chi connectivity index (χ1v) is 9.20. The van der Waals surface area contributed by atoms with Crippen LogP contribution in [0.25, 0.3) is 0 Å². The highest BCUT2D eigenvalue weighted by molar-refractivity contribution is 5.99. The number of rotatable bonds is 4. The van der Waals surface area contributed by atoms with Crippen LogP contribution in [0.2, 0.25) is 0 Å². The molecule has 0 bridgehead atoms. The third-order valence-electron chi connectivity index (χ3n) is 4.94. The molecule has 31 heavy (non-hydrogen) atoms. The van der Waals surface area contributed by atoms with E-state index in [1.165, 1.54) is 35.1 Å². The molecule has 1 heterocycles. The number of methoxy groups -OCH3 is 1. The Labute approximate surface area is 175 Å². The molecule has 1 aliphatic rings. The Morgan fingerprint density at radius 1 is 0.968 bits per heavy atom. The van der Waals surface area contributed by atoms with Gasteiger partial charge in [-0.3, -0.25) is 19.7 Å². The van der Waals surface area contributed by atoms with E-state index < -0.39 is 28.5 Å². The molecule has 2 aromatic rings. The second-order valence-electron chi connectivity index (χ2n) is 6.80. The molecule has 0 radical (unpaired) electrons. The van der Waals surface area contributed by atoms with Crippen molar-refractivity contribution in [3.8, 4) is 5.75 Å². The standard InChI is InChI=1S/C20H18F3N3O5/c1-31-15-6-7-17(26(29)30)16(12-15)19(28)25-10-8-24(9-11-25)18(27)13-2-4-14(5-3-13)20(21,22)23/h2-7,12H,8-11H2,1H3. The lowest BCUT2D eigenvalue weighted by molar-refractivity contribution is -0.385. The topological polar surface area (TPSA) is 93.0 Å². The Hall–Kier alpha value is -3.63. The monoisotopic (exact) mass is 437 g/mol. The summed E-state index contributed by atoms with van der Waals surface area (Å²) in [6, 6.07) is 7.78. The van der Waals surface area contributed by atoms with Crippen molar-refractivity contribution in [1.82, 2.24) is 9.80 Å². The fraction of sp³-hybridized carbons (Fsp3) is 0.300. The quantitative estimate of drug-likeness (QED) is 0.541. The van der Waals surface area contributed by atoms with Crippen LogP contribution in [0.3, 0.4) is 0 Å². The van der Waals surface area contributed by atoms with Crippen molar-refractivity contribution in [2.45, 2.75) is 6.18 Å². The summed E-state index contributed by atoms with van der Waals surface area (Å²) in [5.74, 6) is -0.717. The predicted octanol–water partition coefficient (Wildman–Crippen LogP) is 3.22. The predicted molar refractivity (Wildman–Crippen MR) is 103 cm³/mol. The molecule has 1 saturated heterocycles. The highest BCUT2D eigenvalue weighted by Crippen LogP contribution is 2.29. The van der Waals surface area contributed by atoms with Gasteiger partial charge in [0.1, 0.15) is 11.3 Å². The van der Waals surface area contributed by atoms with E-state index in [0.717, 1.165) is 24.3 Å². The van der Waals surface area contributed by atoms with Crippen LogP contribution >= 0.6 is 0 Å². The fourth-order valence-electron chi connectivity index (χ4n) is 3.24. The number of piperazine rings is 1. The van der Waals surface area contributed by atoms with Crippen molar-refractivity contribution < 1.29 is 32.4 Å². The van der Waals surface area contributed by atoms with E-state index in [9.17, 15) is 32.9 Å². The third kappa shape index (κ3) is 4.76. The van der Waals surface area contributed by atoms with Crippen LogP contribution in [-0.4, -0.2) is 59.8 Å². The van der Waals surface area contributed by atoms with Crippen LogP contribution in [0.5, 0.6) is 5.75 Å². The van der Waals surface area contributed by atoms with Crippen LogP contribution in [0.1, 0.15) is 26.3 Å². The van der Waals surface area contributed by atoms with Crippen LogP contribution in [0.4, 0.5) is 18.9 Å². The lowest BCUT2D eigenvalue weighted by atomic mass is 10.1. The summed E-state index contributed by atoms with van der Waals surface area (Å²) in [5, 5.41) is 11.3. The second-order valence-corrected chi connectivity index (χ2v) is 6.80. The maximum atomic E-state index is 12.8. The number of hydrogen-bond acceptors (Lipinski definition) is 5. The van der Waals surface area contributed by atoms with E-state index in [4.69, 9.17) is 4.74 Å². The van der Waals surface area contributed by atoms with E-state index in [-0.39, 0.29) is 43.0 Å². The minimum atomic E-state index is -4.49. The summed E-state index contributed by atoms with van der Waals surface area (Å²) >= 11 is 0. The Kier molecular flexibility index (Phi) is 6.14. The highest BCUT2D eigenvalue weighted by atomic mass is 19.4. The molecule has 0 atom stereocenters. The van der Waals surface area contributed by atoms with Gasteiger partial charge >= 0.3 is 6.18 Å². The summed E-state index contributed by atoms with van der Waals surface area (Å²) in [6.07, 6.45) is -4.49. The first kappa shape index (κ1) is 22.1. The van der Waals surface area contributed by atoms with E-state index in [1.54, 1.807) is 0 Å². The number of carbonyl (C=O) groups is 2. The number of nitro benzene ring substituents is 1. The number of ether oxygens (including phenoxy) is 1. The van der Waals surface area contributed by atoms with Crippen LogP contribution in [-0.2, 0) is 6.18 Å². The molecule has 0 spiro atoms. The smallest absolute Gasteiger partial charge is 0.416 e. The highest BCUT2D eigenvalue weighted by Gasteiger charge is 2.32.